The summed E-state index contributed by atoms with van der Waals surface area (Å²) in [4.78, 5) is 14.9. The molecular weight excluding hydrogens is 342 g/mol. The molecule has 0 aliphatic carbocycles. The zero-order valence-corrected chi connectivity index (χ0v) is 16.0. The second-order valence-corrected chi connectivity index (χ2v) is 7.20. The fraction of sp³-hybridized carbons (Fsp3) is 0.474. The van der Waals surface area contributed by atoms with E-state index < -0.39 is 0 Å². The molecule has 3 aromatic rings. The highest BCUT2D eigenvalue weighted by atomic mass is 16.1. The van der Waals surface area contributed by atoms with Gasteiger partial charge in [0.1, 0.15) is 0 Å². The Morgan fingerprint density at radius 2 is 2.15 bits per heavy atom. The number of nitrogens with zero attached hydrogens (tertiary/aromatic N) is 6. The zero-order chi connectivity index (χ0) is 19.0. The molecule has 0 bridgehead atoms. The van der Waals surface area contributed by atoms with Crippen molar-refractivity contribution in [2.45, 2.75) is 33.2 Å². The number of hydrogen-bond acceptors (Lipinski definition) is 5. The van der Waals surface area contributed by atoms with Crippen molar-refractivity contribution >= 4 is 17.5 Å². The summed E-state index contributed by atoms with van der Waals surface area (Å²) in [7, 11) is 1.93. The summed E-state index contributed by atoms with van der Waals surface area (Å²) in [5.74, 6) is 0.852. The molecule has 8 heteroatoms. The third kappa shape index (κ3) is 3.27. The van der Waals surface area contributed by atoms with Gasteiger partial charge in [-0.1, -0.05) is 6.07 Å². The fourth-order valence-electron chi connectivity index (χ4n) is 3.81. The van der Waals surface area contributed by atoms with E-state index in [4.69, 9.17) is 0 Å². The number of hydrogen-bond donors (Lipinski definition) is 1. The van der Waals surface area contributed by atoms with E-state index >= 15 is 0 Å². The number of piperidine rings is 1. The van der Waals surface area contributed by atoms with Crippen LogP contribution in [0.2, 0.25) is 0 Å². The van der Waals surface area contributed by atoms with Crippen molar-refractivity contribution < 1.29 is 4.79 Å². The van der Waals surface area contributed by atoms with E-state index in [9.17, 15) is 4.79 Å². The lowest BCUT2D eigenvalue weighted by Gasteiger charge is -2.32. The van der Waals surface area contributed by atoms with Gasteiger partial charge in [0.25, 0.3) is 0 Å². The molecule has 8 nitrogen and oxygen atoms in total. The lowest BCUT2D eigenvalue weighted by atomic mass is 9.97. The Kier molecular flexibility index (Phi) is 4.55. The number of amides is 1. The molecule has 142 valence electrons. The molecule has 4 heterocycles. The monoisotopic (exact) mass is 367 g/mol. The van der Waals surface area contributed by atoms with Gasteiger partial charge < -0.3 is 10.2 Å². The van der Waals surface area contributed by atoms with Gasteiger partial charge in [0.2, 0.25) is 11.9 Å². The van der Waals surface area contributed by atoms with Crippen LogP contribution in [-0.2, 0) is 18.4 Å². The Balaban J connectivity index is 1.44. The highest BCUT2D eigenvalue weighted by molar-refractivity contribution is 5.79. The molecule has 1 saturated heterocycles. The van der Waals surface area contributed by atoms with Crippen LogP contribution in [0.1, 0.15) is 29.8 Å². The van der Waals surface area contributed by atoms with Crippen LogP contribution in [-0.4, -0.2) is 43.4 Å². The summed E-state index contributed by atoms with van der Waals surface area (Å²) in [5.41, 5.74) is 3.98. The van der Waals surface area contributed by atoms with E-state index in [1.54, 1.807) is 0 Å². The smallest absolute Gasteiger partial charge is 0.231 e. The number of carbonyl (C=O) groups is 1. The van der Waals surface area contributed by atoms with Gasteiger partial charge in [0, 0.05) is 44.1 Å². The molecule has 1 N–H and O–H groups in total. The highest BCUT2D eigenvalue weighted by Gasteiger charge is 2.28. The minimum Gasteiger partial charge on any atom is -0.352 e. The lowest BCUT2D eigenvalue weighted by molar-refractivity contribution is -0.125. The number of pyridine rings is 1. The molecule has 1 fully saturated rings. The van der Waals surface area contributed by atoms with Crippen molar-refractivity contribution in [2.75, 3.05) is 18.0 Å². The van der Waals surface area contributed by atoms with Crippen LogP contribution in [0.3, 0.4) is 0 Å². The molecule has 0 spiro atoms. The first kappa shape index (κ1) is 17.5. The normalized spacial score (nSPS) is 17.4. The topological polar surface area (TPSA) is 80.3 Å². The number of anilines is 1. The maximum atomic E-state index is 12.8. The van der Waals surface area contributed by atoms with Crippen LogP contribution >= 0.6 is 0 Å². The van der Waals surface area contributed by atoms with E-state index in [1.807, 2.05) is 54.4 Å². The van der Waals surface area contributed by atoms with Crippen molar-refractivity contribution in [3.8, 4) is 0 Å². The maximum Gasteiger partial charge on any atom is 0.231 e. The predicted molar refractivity (Wildman–Crippen MR) is 102 cm³/mol. The largest absolute Gasteiger partial charge is 0.352 e. The van der Waals surface area contributed by atoms with Crippen molar-refractivity contribution in [1.82, 2.24) is 29.7 Å². The number of rotatable bonds is 4. The molecule has 3 aromatic heterocycles. The van der Waals surface area contributed by atoms with Gasteiger partial charge in [0.05, 0.1) is 11.6 Å². The van der Waals surface area contributed by atoms with Gasteiger partial charge in [0.15, 0.2) is 5.65 Å². The number of fused-ring (bicyclic) bond motifs is 1. The lowest BCUT2D eigenvalue weighted by Crippen LogP contribution is -2.43. The third-order valence-electron chi connectivity index (χ3n) is 5.47. The van der Waals surface area contributed by atoms with Crippen LogP contribution in [0, 0.1) is 19.8 Å². The molecule has 4 rings (SSSR count). The average Bonchev–Trinajstić information content (AvgIpc) is 3.21. The van der Waals surface area contributed by atoms with Crippen LogP contribution in [0.5, 0.6) is 0 Å². The van der Waals surface area contributed by atoms with Crippen LogP contribution < -0.4 is 10.2 Å². The molecule has 0 radical (unpaired) electrons. The number of aromatic nitrogens is 5. The number of nitrogens with one attached hydrogen (secondary N) is 1. The van der Waals surface area contributed by atoms with Crippen LogP contribution in [0.15, 0.2) is 24.4 Å². The molecule has 27 heavy (non-hydrogen) atoms. The number of aryl methyl sites for hydroxylation is 2. The first-order valence-electron chi connectivity index (χ1n) is 9.36. The Morgan fingerprint density at radius 3 is 2.93 bits per heavy atom. The molecule has 0 saturated carbocycles. The molecule has 0 unspecified atom stereocenters. The van der Waals surface area contributed by atoms with E-state index in [-0.39, 0.29) is 11.8 Å². The Labute approximate surface area is 158 Å². The molecule has 1 aliphatic rings. The van der Waals surface area contributed by atoms with Crippen molar-refractivity contribution in [2.24, 2.45) is 13.0 Å². The van der Waals surface area contributed by atoms with Gasteiger partial charge in [-0.05, 0) is 38.8 Å². The summed E-state index contributed by atoms with van der Waals surface area (Å²) in [6.45, 7) is 6.08. The summed E-state index contributed by atoms with van der Waals surface area (Å²) < 4.78 is 3.83. The minimum atomic E-state index is -0.0490. The van der Waals surface area contributed by atoms with Gasteiger partial charge in [-0.3, -0.25) is 13.9 Å². The highest BCUT2D eigenvalue weighted by Crippen LogP contribution is 2.23. The molecule has 1 amide bonds. The second kappa shape index (κ2) is 7.02. The van der Waals surface area contributed by atoms with Crippen molar-refractivity contribution in [3.63, 3.8) is 0 Å². The summed E-state index contributed by atoms with van der Waals surface area (Å²) in [5, 5.41) is 16.1. The average molecular weight is 367 g/mol. The first-order chi connectivity index (χ1) is 13.0. The fourth-order valence-corrected chi connectivity index (χ4v) is 3.81. The molecule has 0 aromatic carbocycles. The third-order valence-corrected chi connectivity index (χ3v) is 5.47. The quantitative estimate of drug-likeness (QED) is 0.758. The maximum absolute atomic E-state index is 12.8. The Morgan fingerprint density at radius 1 is 1.30 bits per heavy atom. The Hall–Kier alpha value is -2.90. The Bertz CT molecular complexity index is 974. The van der Waals surface area contributed by atoms with Crippen molar-refractivity contribution in [3.05, 3.63) is 41.3 Å². The van der Waals surface area contributed by atoms with E-state index in [2.05, 4.69) is 25.5 Å². The SMILES string of the molecule is Cc1nn(C)c(C)c1CNC(=O)[C@@H]1CCCN(c2nnc3ccccn23)C1. The van der Waals surface area contributed by atoms with Gasteiger partial charge >= 0.3 is 0 Å². The van der Waals surface area contributed by atoms with Crippen LogP contribution in [0.25, 0.3) is 5.65 Å². The molecular formula is C19H25N7O. The first-order valence-corrected chi connectivity index (χ1v) is 9.36. The second-order valence-electron chi connectivity index (χ2n) is 7.20. The van der Waals surface area contributed by atoms with E-state index in [0.29, 0.717) is 13.1 Å². The predicted octanol–water partition coefficient (Wildman–Crippen LogP) is 1.61. The zero-order valence-electron chi connectivity index (χ0n) is 16.0. The number of carbonyl (C=O) groups excluding carboxylic acids is 1. The van der Waals surface area contributed by atoms with Crippen molar-refractivity contribution in [1.29, 1.82) is 0 Å². The molecule has 1 atom stereocenters. The summed E-state index contributed by atoms with van der Waals surface area (Å²) in [6.07, 6.45) is 3.82. The summed E-state index contributed by atoms with van der Waals surface area (Å²) in [6, 6.07) is 5.85. The molecule has 1 aliphatic heterocycles. The van der Waals surface area contributed by atoms with Gasteiger partial charge in [-0.25, -0.2) is 0 Å². The van der Waals surface area contributed by atoms with E-state index in [0.717, 1.165) is 47.9 Å². The summed E-state index contributed by atoms with van der Waals surface area (Å²) >= 11 is 0. The minimum absolute atomic E-state index is 0.0490. The van der Waals surface area contributed by atoms with Crippen LogP contribution in [0.4, 0.5) is 5.95 Å². The van der Waals surface area contributed by atoms with E-state index in [1.165, 1.54) is 0 Å². The van der Waals surface area contributed by atoms with Gasteiger partial charge in [-0.15, -0.1) is 10.2 Å². The standard InChI is InChI=1S/C19H25N7O/c1-13-16(14(2)24(3)23-13)11-20-18(27)15-7-6-9-25(12-15)19-22-21-17-8-4-5-10-26(17)19/h4-5,8,10,15H,6-7,9,11-12H2,1-3H3,(H,20,27)/t15-/m1/s1. The van der Waals surface area contributed by atoms with Gasteiger partial charge in [-0.2, -0.15) is 5.10 Å².